The second-order valence-corrected chi connectivity index (χ2v) is 5.05. The number of carbonyl (C=O) groups excluding carboxylic acids is 1. The van der Waals surface area contributed by atoms with Gasteiger partial charge in [-0.25, -0.2) is 0 Å². The van der Waals surface area contributed by atoms with Crippen LogP contribution in [0, 0.1) is 11.8 Å². The predicted molar refractivity (Wildman–Crippen MR) is 69.5 cm³/mol. The minimum Gasteiger partial charge on any atom is -0.399 e. The van der Waals surface area contributed by atoms with Crippen LogP contribution in [-0.4, -0.2) is 23.9 Å². The Bertz CT molecular complexity index is 414. The van der Waals surface area contributed by atoms with Gasteiger partial charge >= 0.3 is 0 Å². The Morgan fingerprint density at radius 1 is 1.12 bits per heavy atom. The Labute approximate surface area is 102 Å². The van der Waals surface area contributed by atoms with Crippen molar-refractivity contribution in [1.82, 2.24) is 4.90 Å². The summed E-state index contributed by atoms with van der Waals surface area (Å²) in [7, 11) is 0. The van der Waals surface area contributed by atoms with Gasteiger partial charge in [-0.3, -0.25) is 4.79 Å². The molecule has 92 valence electrons. The maximum Gasteiger partial charge on any atom is 0.254 e. The second-order valence-electron chi connectivity index (χ2n) is 5.05. The van der Waals surface area contributed by atoms with E-state index in [0.29, 0.717) is 28.8 Å². The molecule has 0 aromatic heterocycles. The highest BCUT2D eigenvalue weighted by Gasteiger charge is 2.29. The van der Waals surface area contributed by atoms with Crippen LogP contribution in [0.3, 0.4) is 0 Å². The molecule has 2 atom stereocenters. The summed E-state index contributed by atoms with van der Waals surface area (Å²) in [5.41, 5.74) is 13.1. The van der Waals surface area contributed by atoms with Crippen LogP contribution in [0.25, 0.3) is 0 Å². The van der Waals surface area contributed by atoms with Gasteiger partial charge in [-0.1, -0.05) is 13.8 Å². The highest BCUT2D eigenvalue weighted by molar-refractivity contribution is 5.96. The van der Waals surface area contributed by atoms with Crippen LogP contribution in [0.4, 0.5) is 11.4 Å². The zero-order valence-corrected chi connectivity index (χ0v) is 10.3. The molecular formula is C13H19N3O. The molecule has 1 heterocycles. The lowest BCUT2D eigenvalue weighted by molar-refractivity contribution is 0.0785. The van der Waals surface area contributed by atoms with Crippen molar-refractivity contribution in [2.45, 2.75) is 13.8 Å². The molecule has 0 bridgehead atoms. The number of anilines is 2. The van der Waals surface area contributed by atoms with Gasteiger partial charge in [-0.05, 0) is 30.0 Å². The Hall–Kier alpha value is -1.71. The molecule has 0 saturated carbocycles. The number of likely N-dealkylation sites (tertiary alicyclic amines) is 1. The summed E-state index contributed by atoms with van der Waals surface area (Å²) in [6.45, 7) is 5.97. The topological polar surface area (TPSA) is 72.3 Å². The number of amides is 1. The van der Waals surface area contributed by atoms with Gasteiger partial charge in [0.25, 0.3) is 5.91 Å². The first-order chi connectivity index (χ1) is 7.97. The van der Waals surface area contributed by atoms with Gasteiger partial charge in [0.15, 0.2) is 0 Å². The van der Waals surface area contributed by atoms with E-state index in [9.17, 15) is 4.79 Å². The van der Waals surface area contributed by atoms with Crippen molar-refractivity contribution >= 4 is 17.3 Å². The summed E-state index contributed by atoms with van der Waals surface area (Å²) in [4.78, 5) is 14.1. The average Bonchev–Trinajstić information content (AvgIpc) is 2.57. The Morgan fingerprint density at radius 2 is 1.59 bits per heavy atom. The third-order valence-electron chi connectivity index (χ3n) is 3.50. The van der Waals surface area contributed by atoms with Gasteiger partial charge < -0.3 is 16.4 Å². The molecular weight excluding hydrogens is 214 g/mol. The highest BCUT2D eigenvalue weighted by Crippen LogP contribution is 2.24. The predicted octanol–water partition coefficient (Wildman–Crippen LogP) is 1.58. The number of rotatable bonds is 1. The number of nitrogens with zero attached hydrogens (tertiary/aromatic N) is 1. The molecule has 1 amide bonds. The number of hydrogen-bond donors (Lipinski definition) is 2. The molecule has 0 aliphatic carbocycles. The number of hydrogen-bond acceptors (Lipinski definition) is 3. The lowest BCUT2D eigenvalue weighted by Gasteiger charge is -2.16. The van der Waals surface area contributed by atoms with Crippen molar-refractivity contribution < 1.29 is 4.79 Å². The van der Waals surface area contributed by atoms with Crippen molar-refractivity contribution in [2.24, 2.45) is 11.8 Å². The van der Waals surface area contributed by atoms with Gasteiger partial charge in [0, 0.05) is 30.0 Å². The molecule has 1 fully saturated rings. The number of nitrogen functional groups attached to an aromatic ring is 2. The summed E-state index contributed by atoms with van der Waals surface area (Å²) < 4.78 is 0. The molecule has 2 unspecified atom stereocenters. The third-order valence-corrected chi connectivity index (χ3v) is 3.50. The molecule has 1 aliphatic heterocycles. The second kappa shape index (κ2) is 4.28. The van der Waals surface area contributed by atoms with E-state index in [1.54, 1.807) is 18.2 Å². The Morgan fingerprint density at radius 3 is 2.06 bits per heavy atom. The van der Waals surface area contributed by atoms with Crippen LogP contribution < -0.4 is 11.5 Å². The minimum atomic E-state index is 0.0280. The van der Waals surface area contributed by atoms with Crippen molar-refractivity contribution in [3.63, 3.8) is 0 Å². The number of carbonyl (C=O) groups is 1. The smallest absolute Gasteiger partial charge is 0.254 e. The van der Waals surface area contributed by atoms with Crippen molar-refractivity contribution in [2.75, 3.05) is 24.6 Å². The summed E-state index contributed by atoms with van der Waals surface area (Å²) >= 11 is 0. The average molecular weight is 233 g/mol. The van der Waals surface area contributed by atoms with Crippen molar-refractivity contribution in [1.29, 1.82) is 0 Å². The lowest BCUT2D eigenvalue weighted by atomic mass is 10.0. The van der Waals surface area contributed by atoms with E-state index >= 15 is 0 Å². The maximum absolute atomic E-state index is 12.3. The van der Waals surface area contributed by atoms with E-state index in [0.717, 1.165) is 13.1 Å². The number of nitrogens with two attached hydrogens (primary N) is 2. The van der Waals surface area contributed by atoms with Crippen molar-refractivity contribution in [3.05, 3.63) is 23.8 Å². The molecule has 2 rings (SSSR count). The molecule has 0 spiro atoms. The zero-order chi connectivity index (χ0) is 12.6. The molecule has 1 aliphatic rings. The fraction of sp³-hybridized carbons (Fsp3) is 0.462. The summed E-state index contributed by atoms with van der Waals surface area (Å²) in [6, 6.07) is 5.03. The molecule has 4 N–H and O–H groups in total. The quantitative estimate of drug-likeness (QED) is 0.723. The SMILES string of the molecule is CC1CN(C(=O)c2cc(N)cc(N)c2)CC1C. The Balaban J connectivity index is 2.20. The molecule has 1 aromatic rings. The van der Waals surface area contributed by atoms with Crippen molar-refractivity contribution in [3.8, 4) is 0 Å². The molecule has 1 aromatic carbocycles. The van der Waals surface area contributed by atoms with Crippen LogP contribution in [-0.2, 0) is 0 Å². The van der Waals surface area contributed by atoms with Crippen LogP contribution in [0.15, 0.2) is 18.2 Å². The fourth-order valence-electron chi connectivity index (χ4n) is 2.28. The largest absolute Gasteiger partial charge is 0.399 e. The molecule has 0 radical (unpaired) electrons. The van der Waals surface area contributed by atoms with Gasteiger partial charge in [0.1, 0.15) is 0 Å². The van der Waals surface area contributed by atoms with E-state index in [4.69, 9.17) is 11.5 Å². The van der Waals surface area contributed by atoms with E-state index in [1.807, 2.05) is 4.90 Å². The van der Waals surface area contributed by atoms with E-state index in [1.165, 1.54) is 0 Å². The molecule has 1 saturated heterocycles. The normalized spacial score (nSPS) is 24.0. The summed E-state index contributed by atoms with van der Waals surface area (Å²) in [6.07, 6.45) is 0. The van der Waals surface area contributed by atoms with Gasteiger partial charge in [0.2, 0.25) is 0 Å². The van der Waals surface area contributed by atoms with Gasteiger partial charge in [0.05, 0.1) is 0 Å². The summed E-state index contributed by atoms with van der Waals surface area (Å²) in [5.74, 6) is 1.13. The van der Waals surface area contributed by atoms with Gasteiger partial charge in [-0.15, -0.1) is 0 Å². The first kappa shape index (κ1) is 11.8. The minimum absolute atomic E-state index is 0.0280. The van der Waals surface area contributed by atoms with E-state index in [2.05, 4.69) is 13.8 Å². The highest BCUT2D eigenvalue weighted by atomic mass is 16.2. The molecule has 4 heteroatoms. The standard InChI is InChI=1S/C13H19N3O/c1-8-6-16(7-9(8)2)13(17)10-3-11(14)5-12(15)4-10/h3-5,8-9H,6-7,14-15H2,1-2H3. The summed E-state index contributed by atoms with van der Waals surface area (Å²) in [5, 5.41) is 0. The van der Waals surface area contributed by atoms with Gasteiger partial charge in [-0.2, -0.15) is 0 Å². The van der Waals surface area contributed by atoms with Crippen LogP contribution in [0.5, 0.6) is 0 Å². The monoisotopic (exact) mass is 233 g/mol. The van der Waals surface area contributed by atoms with E-state index in [-0.39, 0.29) is 5.91 Å². The van der Waals surface area contributed by atoms with Crippen LogP contribution in [0.1, 0.15) is 24.2 Å². The maximum atomic E-state index is 12.3. The first-order valence-corrected chi connectivity index (χ1v) is 5.92. The Kier molecular flexibility index (Phi) is 2.96. The fourth-order valence-corrected chi connectivity index (χ4v) is 2.28. The third kappa shape index (κ3) is 2.35. The first-order valence-electron chi connectivity index (χ1n) is 5.92. The lowest BCUT2D eigenvalue weighted by Crippen LogP contribution is -2.29. The number of benzene rings is 1. The van der Waals surface area contributed by atoms with Crippen LogP contribution in [0.2, 0.25) is 0 Å². The van der Waals surface area contributed by atoms with Crippen LogP contribution >= 0.6 is 0 Å². The van der Waals surface area contributed by atoms with E-state index < -0.39 is 0 Å². The molecule has 4 nitrogen and oxygen atoms in total. The zero-order valence-electron chi connectivity index (χ0n) is 10.3. The molecule has 17 heavy (non-hydrogen) atoms.